The summed E-state index contributed by atoms with van der Waals surface area (Å²) in [4.78, 5) is 22.9. The fraction of sp³-hybridized carbons (Fsp3) is 0.344. The average molecular weight is 546 g/mol. The van der Waals surface area contributed by atoms with Gasteiger partial charge in [0.1, 0.15) is 12.1 Å². The molecule has 0 N–H and O–H groups in total. The van der Waals surface area contributed by atoms with Crippen molar-refractivity contribution in [3.05, 3.63) is 82.8 Å². The van der Waals surface area contributed by atoms with Gasteiger partial charge in [-0.2, -0.15) is 5.26 Å². The highest BCUT2D eigenvalue weighted by atomic mass is 16.5. The molecule has 3 aliphatic rings. The second-order valence-electron chi connectivity index (χ2n) is 11.5. The van der Waals surface area contributed by atoms with Gasteiger partial charge in [0.2, 0.25) is 0 Å². The minimum Gasteiger partial charge on any atom is -0.381 e. The second kappa shape index (κ2) is 10.2. The van der Waals surface area contributed by atoms with Crippen molar-refractivity contribution in [3.63, 3.8) is 0 Å². The SMILES string of the molecule is CN(Cc1ccc2c(c1)C(=O)N(c1cc(-c3ccc(C#N)cc3-c3nncn3C)cc(C3CC3)n1)C2)CC1COC1. The second-order valence-corrected chi connectivity index (χ2v) is 11.5. The van der Waals surface area contributed by atoms with E-state index in [2.05, 4.69) is 46.4 Å². The van der Waals surface area contributed by atoms with Gasteiger partial charge in [-0.1, -0.05) is 18.2 Å². The summed E-state index contributed by atoms with van der Waals surface area (Å²) in [5.74, 6) is 2.30. The van der Waals surface area contributed by atoms with E-state index in [1.807, 2.05) is 41.9 Å². The van der Waals surface area contributed by atoms with Crippen LogP contribution in [-0.4, -0.2) is 57.4 Å². The van der Waals surface area contributed by atoms with Gasteiger partial charge in [-0.05, 0) is 72.5 Å². The van der Waals surface area contributed by atoms with Crippen LogP contribution in [-0.2, 0) is 24.9 Å². The van der Waals surface area contributed by atoms with Gasteiger partial charge in [-0.15, -0.1) is 10.2 Å². The fourth-order valence-corrected chi connectivity index (χ4v) is 5.83. The van der Waals surface area contributed by atoms with Crippen LogP contribution in [0.4, 0.5) is 5.82 Å². The van der Waals surface area contributed by atoms with Gasteiger partial charge < -0.3 is 14.2 Å². The Morgan fingerprint density at radius 1 is 1.07 bits per heavy atom. The zero-order valence-corrected chi connectivity index (χ0v) is 23.2. The van der Waals surface area contributed by atoms with Crippen molar-refractivity contribution in [1.29, 1.82) is 5.26 Å². The Labute approximate surface area is 239 Å². The summed E-state index contributed by atoms with van der Waals surface area (Å²) >= 11 is 0. The number of ether oxygens (including phenoxy) is 1. The summed E-state index contributed by atoms with van der Waals surface area (Å²) in [6, 6.07) is 18.2. The maximum absolute atomic E-state index is 13.8. The Bertz CT molecular complexity index is 1700. The van der Waals surface area contributed by atoms with Gasteiger partial charge >= 0.3 is 0 Å². The number of nitrogens with zero attached hydrogens (tertiary/aromatic N) is 7. The third-order valence-corrected chi connectivity index (χ3v) is 8.22. The molecule has 0 spiro atoms. The molecule has 2 aromatic heterocycles. The van der Waals surface area contributed by atoms with Crippen molar-refractivity contribution in [2.75, 3.05) is 31.7 Å². The maximum atomic E-state index is 13.8. The van der Waals surface area contributed by atoms with Crippen LogP contribution in [0.15, 0.2) is 54.9 Å². The quantitative estimate of drug-likeness (QED) is 0.321. The number of nitriles is 1. The van der Waals surface area contributed by atoms with Crippen molar-refractivity contribution >= 4 is 11.7 Å². The van der Waals surface area contributed by atoms with Gasteiger partial charge in [0.15, 0.2) is 5.82 Å². The van der Waals surface area contributed by atoms with Crippen LogP contribution in [0.25, 0.3) is 22.5 Å². The summed E-state index contributed by atoms with van der Waals surface area (Å²) in [5, 5.41) is 18.0. The normalized spacial score (nSPS) is 16.6. The number of hydrogen-bond acceptors (Lipinski definition) is 7. The highest BCUT2D eigenvalue weighted by Crippen LogP contribution is 2.43. The molecule has 1 aliphatic carbocycles. The van der Waals surface area contributed by atoms with Crippen molar-refractivity contribution in [2.24, 2.45) is 13.0 Å². The predicted molar refractivity (Wildman–Crippen MR) is 154 cm³/mol. The Kier molecular flexibility index (Phi) is 6.37. The topological polar surface area (TPSA) is 100 Å². The number of carbonyl (C=O) groups is 1. The smallest absolute Gasteiger partial charge is 0.260 e. The minimum absolute atomic E-state index is 0.0170. The Morgan fingerprint density at radius 3 is 2.63 bits per heavy atom. The first-order chi connectivity index (χ1) is 20.0. The van der Waals surface area contributed by atoms with Crippen molar-refractivity contribution in [3.8, 4) is 28.6 Å². The van der Waals surface area contributed by atoms with E-state index < -0.39 is 0 Å². The number of carbonyl (C=O) groups excluding carboxylic acids is 1. The fourth-order valence-electron chi connectivity index (χ4n) is 5.83. The summed E-state index contributed by atoms with van der Waals surface area (Å²) in [6.07, 6.45) is 3.84. The van der Waals surface area contributed by atoms with Gasteiger partial charge in [0.05, 0.1) is 31.4 Å². The molecule has 206 valence electrons. The van der Waals surface area contributed by atoms with E-state index in [4.69, 9.17) is 9.72 Å². The zero-order valence-electron chi connectivity index (χ0n) is 23.2. The van der Waals surface area contributed by atoms with E-state index in [1.54, 1.807) is 11.2 Å². The van der Waals surface area contributed by atoms with Crippen LogP contribution in [0, 0.1) is 17.2 Å². The number of pyridine rings is 1. The first kappa shape index (κ1) is 25.6. The summed E-state index contributed by atoms with van der Waals surface area (Å²) in [7, 11) is 4.01. The van der Waals surface area contributed by atoms with Crippen LogP contribution in [0.2, 0.25) is 0 Å². The predicted octanol–water partition coefficient (Wildman–Crippen LogP) is 4.53. The first-order valence-corrected chi connectivity index (χ1v) is 14.1. The number of hydrogen-bond donors (Lipinski definition) is 0. The summed E-state index contributed by atoms with van der Waals surface area (Å²) < 4.78 is 7.16. The van der Waals surface area contributed by atoms with Crippen LogP contribution >= 0.6 is 0 Å². The van der Waals surface area contributed by atoms with E-state index in [-0.39, 0.29) is 5.91 Å². The van der Waals surface area contributed by atoms with Gasteiger partial charge in [0, 0.05) is 48.8 Å². The van der Waals surface area contributed by atoms with Crippen molar-refractivity contribution in [1.82, 2.24) is 24.6 Å². The number of aryl methyl sites for hydroxylation is 1. The molecule has 4 heterocycles. The molecule has 0 bridgehead atoms. The van der Waals surface area contributed by atoms with Crippen molar-refractivity contribution in [2.45, 2.75) is 31.8 Å². The third kappa shape index (κ3) is 4.90. The Morgan fingerprint density at radius 2 is 1.93 bits per heavy atom. The number of rotatable bonds is 8. The lowest BCUT2D eigenvalue weighted by molar-refractivity contribution is -0.0445. The molecule has 1 amide bonds. The summed E-state index contributed by atoms with van der Waals surface area (Å²) in [6.45, 7) is 3.94. The largest absolute Gasteiger partial charge is 0.381 e. The molecule has 9 nitrogen and oxygen atoms in total. The molecular weight excluding hydrogens is 514 g/mol. The molecule has 2 fully saturated rings. The molecule has 2 aromatic carbocycles. The molecule has 2 aliphatic heterocycles. The third-order valence-electron chi connectivity index (χ3n) is 8.22. The highest BCUT2D eigenvalue weighted by Gasteiger charge is 2.33. The van der Waals surface area contributed by atoms with Crippen molar-refractivity contribution < 1.29 is 9.53 Å². The number of fused-ring (bicyclic) bond motifs is 1. The Balaban J connectivity index is 1.23. The van der Waals surface area contributed by atoms with Crippen LogP contribution in [0.3, 0.4) is 0 Å². The minimum atomic E-state index is -0.0170. The molecule has 9 heteroatoms. The van der Waals surface area contributed by atoms with Gasteiger partial charge in [-0.3, -0.25) is 9.69 Å². The monoisotopic (exact) mass is 545 g/mol. The molecule has 1 saturated heterocycles. The molecule has 0 unspecified atom stereocenters. The first-order valence-electron chi connectivity index (χ1n) is 14.1. The van der Waals surface area contributed by atoms with Gasteiger partial charge in [0.25, 0.3) is 5.91 Å². The molecule has 1 saturated carbocycles. The zero-order chi connectivity index (χ0) is 28.1. The number of amides is 1. The van der Waals surface area contributed by atoms with Crippen LogP contribution in [0.5, 0.6) is 0 Å². The average Bonchev–Trinajstić information content (AvgIpc) is 3.65. The lowest BCUT2D eigenvalue weighted by Gasteiger charge is -2.30. The van der Waals surface area contributed by atoms with E-state index in [0.717, 1.165) is 78.2 Å². The summed E-state index contributed by atoms with van der Waals surface area (Å²) in [5.41, 5.74) is 7.15. The molecule has 4 aromatic rings. The van der Waals surface area contributed by atoms with E-state index in [9.17, 15) is 10.1 Å². The Hall–Kier alpha value is -4.39. The standard InChI is InChI=1S/C32H31N7O2/c1-37(15-22-17-41-18-22)14-21-3-5-24-16-39(32(40)27(24)10-21)30-12-25(11-29(35-30)23-6-7-23)26-8-4-20(13-33)9-28(26)31-36-34-19-38(31)2/h3-5,8-12,19,22-23H,6-7,14-18H2,1-2H3. The molecule has 41 heavy (non-hydrogen) atoms. The van der Waals surface area contributed by atoms with E-state index in [0.29, 0.717) is 35.6 Å². The number of aromatic nitrogens is 4. The lowest BCUT2D eigenvalue weighted by Crippen LogP contribution is -2.37. The lowest BCUT2D eigenvalue weighted by atomic mass is 9.96. The van der Waals surface area contributed by atoms with Crippen LogP contribution in [0.1, 0.15) is 51.5 Å². The molecule has 0 radical (unpaired) electrons. The van der Waals surface area contributed by atoms with E-state index in [1.165, 1.54) is 0 Å². The molecule has 0 atom stereocenters. The number of benzene rings is 2. The van der Waals surface area contributed by atoms with Gasteiger partial charge in [-0.25, -0.2) is 4.98 Å². The van der Waals surface area contributed by atoms with E-state index >= 15 is 0 Å². The highest BCUT2D eigenvalue weighted by molar-refractivity contribution is 6.10. The maximum Gasteiger partial charge on any atom is 0.260 e. The van der Waals surface area contributed by atoms with Crippen LogP contribution < -0.4 is 4.90 Å². The molecule has 7 rings (SSSR count). The molecular formula is C32H31N7O2. The number of anilines is 1.